The van der Waals surface area contributed by atoms with E-state index in [9.17, 15) is 4.79 Å². The monoisotopic (exact) mass is 456 g/mol. The molecule has 0 saturated carbocycles. The molecule has 9 heteroatoms. The predicted octanol–water partition coefficient (Wildman–Crippen LogP) is 2.87. The molecule has 3 aromatic rings. The average Bonchev–Trinajstić information content (AvgIpc) is 3.27. The number of ether oxygens (including phenoxy) is 3. The molecule has 1 N–H and O–H groups in total. The third-order valence-electron chi connectivity index (χ3n) is 5.55. The summed E-state index contributed by atoms with van der Waals surface area (Å²) in [4.78, 5) is 22.0. The Morgan fingerprint density at radius 3 is 2.31 bits per heavy atom. The Balaban J connectivity index is 1.26. The SMILES string of the molecule is COc1cc(OC)cc(C(=O)NCCN2CCN(c3nc4ccc(OC)cc4s3)CC2)c1. The molecule has 0 aliphatic carbocycles. The first-order valence-corrected chi connectivity index (χ1v) is 11.3. The zero-order valence-electron chi connectivity index (χ0n) is 18.6. The van der Waals surface area contributed by atoms with E-state index in [0.717, 1.165) is 53.8 Å². The third-order valence-corrected chi connectivity index (χ3v) is 6.63. The molecule has 170 valence electrons. The average molecular weight is 457 g/mol. The molecule has 1 saturated heterocycles. The van der Waals surface area contributed by atoms with Gasteiger partial charge in [0.15, 0.2) is 5.13 Å². The van der Waals surface area contributed by atoms with Crippen LogP contribution in [0.1, 0.15) is 10.4 Å². The van der Waals surface area contributed by atoms with Crippen molar-refractivity contribution in [2.24, 2.45) is 0 Å². The molecular formula is C23H28N4O4S. The summed E-state index contributed by atoms with van der Waals surface area (Å²) < 4.78 is 16.9. The lowest BCUT2D eigenvalue weighted by Crippen LogP contribution is -2.48. The van der Waals surface area contributed by atoms with Crippen molar-refractivity contribution in [1.29, 1.82) is 0 Å². The zero-order valence-corrected chi connectivity index (χ0v) is 19.4. The van der Waals surface area contributed by atoms with Gasteiger partial charge >= 0.3 is 0 Å². The summed E-state index contributed by atoms with van der Waals surface area (Å²) >= 11 is 1.70. The van der Waals surface area contributed by atoms with Gasteiger partial charge in [0.25, 0.3) is 5.91 Å². The van der Waals surface area contributed by atoms with Crippen LogP contribution in [-0.4, -0.2) is 76.4 Å². The lowest BCUT2D eigenvalue weighted by Gasteiger charge is -2.34. The van der Waals surface area contributed by atoms with Gasteiger partial charge in [0, 0.05) is 50.9 Å². The fraction of sp³-hybridized carbons (Fsp3) is 0.391. The number of anilines is 1. The highest BCUT2D eigenvalue weighted by molar-refractivity contribution is 7.22. The number of hydrogen-bond donors (Lipinski definition) is 1. The summed E-state index contributed by atoms with van der Waals surface area (Å²) in [6.45, 7) is 5.08. The first-order valence-electron chi connectivity index (χ1n) is 10.5. The maximum atomic E-state index is 12.5. The highest BCUT2D eigenvalue weighted by atomic mass is 32.1. The van der Waals surface area contributed by atoms with Gasteiger partial charge in [-0.1, -0.05) is 11.3 Å². The lowest BCUT2D eigenvalue weighted by molar-refractivity contribution is 0.0947. The maximum absolute atomic E-state index is 12.5. The number of carbonyl (C=O) groups is 1. The largest absolute Gasteiger partial charge is 0.497 e. The van der Waals surface area contributed by atoms with Crippen LogP contribution in [0.25, 0.3) is 10.2 Å². The van der Waals surface area contributed by atoms with Crippen LogP contribution in [0.15, 0.2) is 36.4 Å². The molecule has 1 amide bonds. The van der Waals surface area contributed by atoms with Crippen molar-refractivity contribution in [3.63, 3.8) is 0 Å². The topological polar surface area (TPSA) is 76.2 Å². The van der Waals surface area contributed by atoms with Crippen molar-refractivity contribution in [1.82, 2.24) is 15.2 Å². The van der Waals surface area contributed by atoms with Gasteiger partial charge in [-0.25, -0.2) is 4.98 Å². The molecular weight excluding hydrogens is 428 g/mol. The molecule has 0 atom stereocenters. The standard InChI is InChI=1S/C23H28N4O4S/c1-29-17-4-5-20-21(15-17)32-23(25-20)27-10-8-26(9-11-27)7-6-24-22(28)16-12-18(30-2)14-19(13-16)31-3/h4-5,12-15H,6-11H2,1-3H3,(H,24,28). The molecule has 0 unspecified atom stereocenters. The molecule has 2 aromatic carbocycles. The lowest BCUT2D eigenvalue weighted by atomic mass is 10.2. The number of rotatable bonds is 8. The van der Waals surface area contributed by atoms with Crippen molar-refractivity contribution >= 4 is 32.6 Å². The minimum Gasteiger partial charge on any atom is -0.497 e. The number of thiazole rings is 1. The Hall–Kier alpha value is -3.04. The van der Waals surface area contributed by atoms with E-state index in [-0.39, 0.29) is 5.91 Å². The highest BCUT2D eigenvalue weighted by Gasteiger charge is 2.20. The summed E-state index contributed by atoms with van der Waals surface area (Å²) in [6, 6.07) is 11.2. The van der Waals surface area contributed by atoms with E-state index in [2.05, 4.69) is 15.1 Å². The van der Waals surface area contributed by atoms with Crippen molar-refractivity contribution in [3.05, 3.63) is 42.0 Å². The number of piperazine rings is 1. The van der Waals surface area contributed by atoms with Crippen LogP contribution in [0, 0.1) is 0 Å². The van der Waals surface area contributed by atoms with Crippen LogP contribution < -0.4 is 24.4 Å². The van der Waals surface area contributed by atoms with Crippen LogP contribution in [0.4, 0.5) is 5.13 Å². The van der Waals surface area contributed by atoms with Crippen LogP contribution in [0.2, 0.25) is 0 Å². The number of fused-ring (bicyclic) bond motifs is 1. The number of benzene rings is 2. The Bertz CT molecular complexity index is 1060. The summed E-state index contributed by atoms with van der Waals surface area (Å²) in [6.07, 6.45) is 0. The van der Waals surface area contributed by atoms with Gasteiger partial charge in [-0.3, -0.25) is 9.69 Å². The van der Waals surface area contributed by atoms with Crippen molar-refractivity contribution in [2.75, 3.05) is 65.5 Å². The molecule has 1 aliphatic heterocycles. The summed E-state index contributed by atoms with van der Waals surface area (Å²) in [5.74, 6) is 1.91. The zero-order chi connectivity index (χ0) is 22.5. The van der Waals surface area contributed by atoms with Crippen LogP contribution in [0.3, 0.4) is 0 Å². The fourth-order valence-corrected chi connectivity index (χ4v) is 4.73. The summed E-state index contributed by atoms with van der Waals surface area (Å²) in [5, 5.41) is 4.04. The fourth-order valence-electron chi connectivity index (χ4n) is 3.69. The van der Waals surface area contributed by atoms with E-state index in [1.165, 1.54) is 0 Å². The number of nitrogens with zero attached hydrogens (tertiary/aromatic N) is 3. The number of methoxy groups -OCH3 is 3. The molecule has 0 spiro atoms. The Morgan fingerprint density at radius 2 is 1.66 bits per heavy atom. The van der Waals surface area contributed by atoms with Gasteiger partial charge < -0.3 is 24.4 Å². The Labute approximate surface area is 191 Å². The van der Waals surface area contributed by atoms with Crippen LogP contribution >= 0.6 is 11.3 Å². The molecule has 1 aliphatic rings. The molecule has 8 nitrogen and oxygen atoms in total. The second-order valence-corrected chi connectivity index (χ2v) is 8.53. The van der Waals surface area contributed by atoms with Crippen LogP contribution in [-0.2, 0) is 0 Å². The van der Waals surface area contributed by atoms with Crippen molar-refractivity contribution in [3.8, 4) is 17.2 Å². The second-order valence-electron chi connectivity index (χ2n) is 7.52. The molecule has 1 fully saturated rings. The predicted molar refractivity (Wildman–Crippen MR) is 127 cm³/mol. The Morgan fingerprint density at radius 1 is 0.969 bits per heavy atom. The van der Waals surface area contributed by atoms with Gasteiger partial charge in [0.1, 0.15) is 17.2 Å². The first kappa shape index (κ1) is 22.2. The number of carbonyl (C=O) groups excluding carboxylic acids is 1. The van der Waals surface area contributed by atoms with E-state index >= 15 is 0 Å². The number of hydrogen-bond acceptors (Lipinski definition) is 8. The van der Waals surface area contributed by atoms with Crippen molar-refractivity contribution in [2.45, 2.75) is 0 Å². The Kier molecular flexibility index (Phi) is 6.96. The molecule has 0 radical (unpaired) electrons. The van der Waals surface area contributed by atoms with Crippen LogP contribution in [0.5, 0.6) is 17.2 Å². The summed E-state index contributed by atoms with van der Waals surface area (Å²) in [5.41, 5.74) is 1.53. The smallest absolute Gasteiger partial charge is 0.251 e. The minimum absolute atomic E-state index is 0.134. The van der Waals surface area contributed by atoms with Crippen molar-refractivity contribution < 1.29 is 19.0 Å². The highest BCUT2D eigenvalue weighted by Crippen LogP contribution is 2.31. The van der Waals surface area contributed by atoms with Gasteiger partial charge in [-0.15, -0.1) is 0 Å². The van der Waals surface area contributed by atoms with E-state index < -0.39 is 0 Å². The normalized spacial score (nSPS) is 14.4. The third kappa shape index (κ3) is 5.05. The van der Waals surface area contributed by atoms with Gasteiger partial charge in [-0.05, 0) is 30.3 Å². The second kappa shape index (κ2) is 10.1. The van der Waals surface area contributed by atoms with Gasteiger partial charge in [0.2, 0.25) is 0 Å². The van der Waals surface area contributed by atoms with E-state index in [0.29, 0.717) is 23.6 Å². The summed E-state index contributed by atoms with van der Waals surface area (Å²) in [7, 11) is 4.82. The quantitative estimate of drug-likeness (QED) is 0.559. The van der Waals surface area contributed by atoms with Gasteiger partial charge in [-0.2, -0.15) is 0 Å². The molecule has 0 bridgehead atoms. The molecule has 32 heavy (non-hydrogen) atoms. The molecule has 4 rings (SSSR count). The minimum atomic E-state index is -0.134. The number of aromatic nitrogens is 1. The van der Waals surface area contributed by atoms with Gasteiger partial charge in [0.05, 0.1) is 31.5 Å². The maximum Gasteiger partial charge on any atom is 0.251 e. The van der Waals surface area contributed by atoms with E-state index in [1.54, 1.807) is 50.9 Å². The van der Waals surface area contributed by atoms with E-state index in [1.807, 2.05) is 18.2 Å². The number of amides is 1. The first-order chi connectivity index (χ1) is 15.6. The van der Waals surface area contributed by atoms with E-state index in [4.69, 9.17) is 19.2 Å². The number of nitrogens with one attached hydrogen (secondary N) is 1. The molecule has 1 aromatic heterocycles. The molecule has 2 heterocycles.